The van der Waals surface area contributed by atoms with Gasteiger partial charge in [-0.05, 0) is 29.8 Å². The van der Waals surface area contributed by atoms with Crippen molar-refractivity contribution in [3.05, 3.63) is 65.7 Å². The number of rotatable bonds is 6. The third-order valence-corrected chi connectivity index (χ3v) is 5.47. The first-order valence-corrected chi connectivity index (χ1v) is 10.7. The quantitative estimate of drug-likeness (QED) is 0.498. The Hall–Kier alpha value is -3.66. The van der Waals surface area contributed by atoms with Crippen molar-refractivity contribution in [3.63, 3.8) is 0 Å². The average molecular weight is 427 g/mol. The molecule has 0 aliphatic heterocycles. The van der Waals surface area contributed by atoms with Gasteiger partial charge < -0.3 is 13.6 Å². The van der Waals surface area contributed by atoms with E-state index in [-0.39, 0.29) is 29.0 Å². The highest BCUT2D eigenvalue weighted by molar-refractivity contribution is 7.90. The number of fused-ring (bicyclic) bond motifs is 1. The fourth-order valence-electron chi connectivity index (χ4n) is 2.87. The van der Waals surface area contributed by atoms with Crippen LogP contribution in [0.2, 0.25) is 0 Å². The molecule has 2 aromatic carbocycles. The number of ether oxygens (including phenoxy) is 1. The van der Waals surface area contributed by atoms with Gasteiger partial charge in [0.1, 0.15) is 0 Å². The van der Waals surface area contributed by atoms with Crippen molar-refractivity contribution in [3.8, 4) is 5.75 Å². The standard InChI is InChI=1S/C20H17N3O6S/c1-27-15-5-3-4-13-11-16(28-18(13)15)19(24)21-20-23-22-17(29-20)10-12-6-8-14(9-7-12)30(2,25)26/h3-9,11H,10H2,1-2H3,(H,21,23,24). The highest BCUT2D eigenvalue weighted by Gasteiger charge is 2.18. The third kappa shape index (κ3) is 4.03. The monoisotopic (exact) mass is 427 g/mol. The normalized spacial score (nSPS) is 11.5. The minimum atomic E-state index is -3.26. The Morgan fingerprint density at radius 3 is 2.57 bits per heavy atom. The number of para-hydroxylation sites is 1. The SMILES string of the molecule is COc1cccc2cc(C(=O)Nc3nnc(Cc4ccc(S(C)(=O)=O)cc4)o3)oc12. The van der Waals surface area contributed by atoms with E-state index in [0.29, 0.717) is 11.3 Å². The van der Waals surface area contributed by atoms with Crippen molar-refractivity contribution >= 4 is 32.7 Å². The van der Waals surface area contributed by atoms with Crippen molar-refractivity contribution in [2.45, 2.75) is 11.3 Å². The van der Waals surface area contributed by atoms with Crippen LogP contribution in [-0.4, -0.2) is 37.9 Å². The largest absolute Gasteiger partial charge is 0.493 e. The van der Waals surface area contributed by atoms with Gasteiger partial charge in [-0.2, -0.15) is 0 Å². The van der Waals surface area contributed by atoms with Crippen LogP contribution in [0.5, 0.6) is 5.75 Å². The van der Waals surface area contributed by atoms with Crippen molar-refractivity contribution in [2.75, 3.05) is 18.7 Å². The first kappa shape index (κ1) is 19.6. The Bertz CT molecular complexity index is 1320. The molecule has 10 heteroatoms. The van der Waals surface area contributed by atoms with Gasteiger partial charge in [-0.25, -0.2) is 8.42 Å². The van der Waals surface area contributed by atoms with Crippen LogP contribution in [-0.2, 0) is 16.3 Å². The van der Waals surface area contributed by atoms with E-state index in [0.717, 1.165) is 17.2 Å². The second kappa shape index (κ2) is 7.64. The number of hydrogen-bond acceptors (Lipinski definition) is 8. The molecule has 0 spiro atoms. The van der Waals surface area contributed by atoms with Crippen LogP contribution in [0.4, 0.5) is 6.01 Å². The molecule has 4 aromatic rings. The topological polar surface area (TPSA) is 125 Å². The predicted octanol–water partition coefficient (Wildman–Crippen LogP) is 3.07. The highest BCUT2D eigenvalue weighted by atomic mass is 32.2. The minimum Gasteiger partial charge on any atom is -0.493 e. The summed E-state index contributed by atoms with van der Waals surface area (Å²) in [6.45, 7) is 0. The van der Waals surface area contributed by atoms with E-state index in [1.807, 2.05) is 0 Å². The molecule has 0 saturated heterocycles. The number of hydrogen-bond donors (Lipinski definition) is 1. The lowest BCUT2D eigenvalue weighted by molar-refractivity contribution is 0.0995. The first-order chi connectivity index (χ1) is 14.3. The number of amides is 1. The summed E-state index contributed by atoms with van der Waals surface area (Å²) in [5, 5.41) is 10.9. The van der Waals surface area contributed by atoms with Crippen LogP contribution in [0.25, 0.3) is 11.0 Å². The van der Waals surface area contributed by atoms with E-state index in [1.54, 1.807) is 36.4 Å². The summed E-state index contributed by atoms with van der Waals surface area (Å²) >= 11 is 0. The summed E-state index contributed by atoms with van der Waals surface area (Å²) in [6, 6.07) is 13.2. The summed E-state index contributed by atoms with van der Waals surface area (Å²) in [5.74, 6) is 0.323. The predicted molar refractivity (Wildman–Crippen MR) is 107 cm³/mol. The molecule has 0 saturated carbocycles. The van der Waals surface area contributed by atoms with Crippen molar-refractivity contribution in [2.24, 2.45) is 0 Å². The van der Waals surface area contributed by atoms with Crippen molar-refractivity contribution < 1.29 is 26.8 Å². The lowest BCUT2D eigenvalue weighted by atomic mass is 10.1. The fourth-order valence-corrected chi connectivity index (χ4v) is 3.50. The second-order valence-electron chi connectivity index (χ2n) is 6.54. The number of furan rings is 1. The van der Waals surface area contributed by atoms with E-state index in [1.165, 1.54) is 19.2 Å². The molecule has 154 valence electrons. The zero-order valence-corrected chi connectivity index (χ0v) is 16.9. The lowest BCUT2D eigenvalue weighted by Gasteiger charge is -2.00. The van der Waals surface area contributed by atoms with Gasteiger partial charge >= 0.3 is 6.01 Å². The van der Waals surface area contributed by atoms with Gasteiger partial charge in [0.05, 0.1) is 18.4 Å². The number of sulfone groups is 1. The summed E-state index contributed by atoms with van der Waals surface area (Å²) in [7, 11) is -1.74. The number of nitrogens with one attached hydrogen (secondary N) is 1. The van der Waals surface area contributed by atoms with Gasteiger partial charge in [0.15, 0.2) is 26.9 Å². The number of carbonyl (C=O) groups excluding carboxylic acids is 1. The maximum absolute atomic E-state index is 12.5. The van der Waals surface area contributed by atoms with Crippen LogP contribution < -0.4 is 10.1 Å². The first-order valence-electron chi connectivity index (χ1n) is 8.83. The molecule has 30 heavy (non-hydrogen) atoms. The maximum atomic E-state index is 12.5. The molecule has 0 unspecified atom stereocenters. The van der Waals surface area contributed by atoms with Crippen LogP contribution in [0.1, 0.15) is 22.0 Å². The Labute approximate surface area is 171 Å². The van der Waals surface area contributed by atoms with Crippen LogP contribution >= 0.6 is 0 Å². The third-order valence-electron chi connectivity index (χ3n) is 4.35. The van der Waals surface area contributed by atoms with E-state index in [2.05, 4.69) is 15.5 Å². The highest BCUT2D eigenvalue weighted by Crippen LogP contribution is 2.28. The molecular formula is C20H17N3O6S. The summed E-state index contributed by atoms with van der Waals surface area (Å²) in [4.78, 5) is 12.7. The van der Waals surface area contributed by atoms with E-state index in [4.69, 9.17) is 13.6 Å². The molecule has 2 aromatic heterocycles. The number of methoxy groups -OCH3 is 1. The van der Waals surface area contributed by atoms with E-state index in [9.17, 15) is 13.2 Å². The molecule has 9 nitrogen and oxygen atoms in total. The zero-order valence-electron chi connectivity index (χ0n) is 16.1. The van der Waals surface area contributed by atoms with Gasteiger partial charge in [0.2, 0.25) is 5.89 Å². The van der Waals surface area contributed by atoms with E-state index >= 15 is 0 Å². The fraction of sp³-hybridized carbons (Fsp3) is 0.150. The summed E-state index contributed by atoms with van der Waals surface area (Å²) < 4.78 is 39.3. The van der Waals surface area contributed by atoms with Crippen LogP contribution in [0, 0.1) is 0 Å². The van der Waals surface area contributed by atoms with Gasteiger partial charge in [-0.3, -0.25) is 10.1 Å². The number of benzene rings is 2. The molecular weight excluding hydrogens is 410 g/mol. The molecule has 1 amide bonds. The van der Waals surface area contributed by atoms with Crippen molar-refractivity contribution in [1.29, 1.82) is 0 Å². The Morgan fingerprint density at radius 1 is 1.10 bits per heavy atom. The number of carbonyl (C=O) groups is 1. The molecule has 0 fully saturated rings. The summed E-state index contributed by atoms with van der Waals surface area (Å²) in [5.41, 5.74) is 1.25. The molecule has 0 bridgehead atoms. The van der Waals surface area contributed by atoms with Crippen LogP contribution in [0.3, 0.4) is 0 Å². The van der Waals surface area contributed by atoms with Crippen molar-refractivity contribution in [1.82, 2.24) is 10.2 Å². The minimum absolute atomic E-state index is 0.0739. The smallest absolute Gasteiger partial charge is 0.322 e. The Morgan fingerprint density at radius 2 is 1.87 bits per heavy atom. The zero-order chi connectivity index (χ0) is 21.3. The average Bonchev–Trinajstić information content (AvgIpc) is 3.34. The maximum Gasteiger partial charge on any atom is 0.322 e. The molecule has 0 atom stereocenters. The molecule has 0 aliphatic rings. The van der Waals surface area contributed by atoms with E-state index < -0.39 is 15.7 Å². The van der Waals surface area contributed by atoms with Gasteiger partial charge in [-0.1, -0.05) is 29.4 Å². The number of anilines is 1. The second-order valence-corrected chi connectivity index (χ2v) is 8.55. The Kier molecular flexibility index (Phi) is 5.00. The van der Waals surface area contributed by atoms with Gasteiger partial charge in [0.25, 0.3) is 5.91 Å². The Balaban J connectivity index is 1.46. The number of aromatic nitrogens is 2. The number of nitrogens with zero attached hydrogens (tertiary/aromatic N) is 2. The van der Waals surface area contributed by atoms with Crippen LogP contribution in [0.15, 0.2) is 62.3 Å². The lowest BCUT2D eigenvalue weighted by Crippen LogP contribution is -2.11. The van der Waals surface area contributed by atoms with Gasteiger partial charge in [-0.15, -0.1) is 5.10 Å². The summed E-state index contributed by atoms with van der Waals surface area (Å²) in [6.07, 6.45) is 1.43. The molecule has 0 radical (unpaired) electrons. The molecule has 1 N–H and O–H groups in total. The molecule has 4 rings (SSSR count). The van der Waals surface area contributed by atoms with Gasteiger partial charge in [0, 0.05) is 11.6 Å². The molecule has 0 aliphatic carbocycles. The molecule has 2 heterocycles.